The van der Waals surface area contributed by atoms with Crippen LogP contribution in [0.5, 0.6) is 0 Å². The smallest absolute Gasteiger partial charge is 0.144 e. The summed E-state index contributed by atoms with van der Waals surface area (Å²) in [6.07, 6.45) is 2.68. The Hall–Kier alpha value is -0.400. The predicted molar refractivity (Wildman–Crippen MR) is 51.3 cm³/mol. The third-order valence-electron chi connectivity index (χ3n) is 2.87. The van der Waals surface area contributed by atoms with Crippen LogP contribution >= 0.6 is 0 Å². The van der Waals surface area contributed by atoms with Gasteiger partial charge in [0.05, 0.1) is 5.92 Å². The van der Waals surface area contributed by atoms with E-state index in [1.165, 1.54) is 0 Å². The normalized spacial score (nSPS) is 27.4. The van der Waals surface area contributed by atoms with E-state index in [9.17, 15) is 9.18 Å². The molecular weight excluding hydrogens is 167 g/mol. The molecule has 1 aliphatic carbocycles. The second-order valence-corrected chi connectivity index (χ2v) is 4.71. The minimum atomic E-state index is -0.839. The molecule has 1 aliphatic rings. The van der Waals surface area contributed by atoms with E-state index < -0.39 is 6.17 Å². The van der Waals surface area contributed by atoms with Crippen LogP contribution in [0.2, 0.25) is 0 Å². The second kappa shape index (κ2) is 3.77. The highest BCUT2D eigenvalue weighted by Gasteiger charge is 2.48. The van der Waals surface area contributed by atoms with Gasteiger partial charge in [0.25, 0.3) is 0 Å². The van der Waals surface area contributed by atoms with E-state index in [0.29, 0.717) is 6.42 Å². The highest BCUT2D eigenvalue weighted by atomic mass is 19.1. The average molecular weight is 186 g/mol. The maximum atomic E-state index is 12.7. The van der Waals surface area contributed by atoms with Crippen LogP contribution in [-0.2, 0) is 4.79 Å². The molecule has 0 aromatic rings. The molecule has 1 saturated carbocycles. The second-order valence-electron chi connectivity index (χ2n) is 4.71. The Morgan fingerprint density at radius 1 is 1.54 bits per heavy atom. The summed E-state index contributed by atoms with van der Waals surface area (Å²) >= 11 is 0. The van der Waals surface area contributed by atoms with Gasteiger partial charge in [-0.3, -0.25) is 4.79 Å². The molecule has 0 spiro atoms. The van der Waals surface area contributed by atoms with Crippen LogP contribution in [0.15, 0.2) is 0 Å². The fraction of sp³-hybridized carbons (Fsp3) is 0.909. The van der Waals surface area contributed by atoms with Gasteiger partial charge in [-0.1, -0.05) is 33.6 Å². The molecule has 0 radical (unpaired) electrons. The summed E-state index contributed by atoms with van der Waals surface area (Å²) in [5.41, 5.74) is -0.304. The summed E-state index contributed by atoms with van der Waals surface area (Å²) in [7, 11) is 0. The molecule has 0 aromatic carbocycles. The van der Waals surface area contributed by atoms with Crippen molar-refractivity contribution in [2.45, 2.75) is 52.6 Å². The zero-order valence-corrected chi connectivity index (χ0v) is 8.77. The molecule has 2 heteroatoms. The molecule has 0 aromatic heterocycles. The molecule has 1 nitrogen and oxygen atoms in total. The molecule has 0 saturated heterocycles. The highest BCUT2D eigenvalue weighted by Crippen LogP contribution is 2.41. The van der Waals surface area contributed by atoms with Crippen molar-refractivity contribution < 1.29 is 9.18 Å². The lowest BCUT2D eigenvalue weighted by atomic mass is 9.81. The number of carbonyl (C=O) groups excluding carboxylic acids is 1. The van der Waals surface area contributed by atoms with Crippen molar-refractivity contribution >= 4 is 5.78 Å². The van der Waals surface area contributed by atoms with Crippen molar-refractivity contribution in [1.29, 1.82) is 0 Å². The van der Waals surface area contributed by atoms with Crippen molar-refractivity contribution in [3.63, 3.8) is 0 Å². The van der Waals surface area contributed by atoms with E-state index >= 15 is 0 Å². The van der Waals surface area contributed by atoms with E-state index in [1.807, 2.05) is 13.8 Å². The van der Waals surface area contributed by atoms with Crippen molar-refractivity contribution in [2.24, 2.45) is 11.3 Å². The van der Waals surface area contributed by atoms with Gasteiger partial charge in [0.2, 0.25) is 0 Å². The average Bonchev–Trinajstić information content (AvgIpc) is 2.78. The minimum Gasteiger partial charge on any atom is -0.299 e. The Balaban J connectivity index is 2.43. The lowest BCUT2D eigenvalue weighted by Crippen LogP contribution is -2.26. The number of hydrogen-bond acceptors (Lipinski definition) is 1. The molecule has 0 heterocycles. The molecule has 0 amide bonds. The Labute approximate surface area is 79.7 Å². The standard InChI is InChI=1S/C11H19FO/c1-4-5-6-11(2,3)10(13)8-7-9(8)12/h8-9H,4-7H2,1-3H3/t8-,9-/m1/s1. The Morgan fingerprint density at radius 3 is 2.46 bits per heavy atom. The fourth-order valence-corrected chi connectivity index (χ4v) is 1.68. The quantitative estimate of drug-likeness (QED) is 0.644. The van der Waals surface area contributed by atoms with Gasteiger partial charge in [0.15, 0.2) is 0 Å². The Kier molecular flexibility index (Phi) is 3.09. The van der Waals surface area contributed by atoms with Crippen LogP contribution < -0.4 is 0 Å². The number of hydrogen-bond donors (Lipinski definition) is 0. The van der Waals surface area contributed by atoms with Crippen molar-refractivity contribution in [1.82, 2.24) is 0 Å². The maximum Gasteiger partial charge on any atom is 0.144 e. The third kappa shape index (κ3) is 2.52. The first-order chi connectivity index (χ1) is 5.99. The zero-order valence-electron chi connectivity index (χ0n) is 8.77. The number of alkyl halides is 1. The van der Waals surface area contributed by atoms with Gasteiger partial charge in [-0.05, 0) is 12.8 Å². The highest BCUT2D eigenvalue weighted by molar-refractivity contribution is 5.89. The molecule has 0 N–H and O–H groups in total. The Morgan fingerprint density at radius 2 is 2.08 bits per heavy atom. The first-order valence-electron chi connectivity index (χ1n) is 5.17. The van der Waals surface area contributed by atoms with Crippen LogP contribution in [0.25, 0.3) is 0 Å². The van der Waals surface area contributed by atoms with Crippen molar-refractivity contribution in [2.75, 3.05) is 0 Å². The number of halogens is 1. The van der Waals surface area contributed by atoms with Gasteiger partial charge in [-0.2, -0.15) is 0 Å². The van der Waals surface area contributed by atoms with Crippen molar-refractivity contribution in [3.05, 3.63) is 0 Å². The lowest BCUT2D eigenvalue weighted by molar-refractivity contribution is -0.129. The first-order valence-corrected chi connectivity index (χ1v) is 5.17. The monoisotopic (exact) mass is 186 g/mol. The maximum absolute atomic E-state index is 12.7. The topological polar surface area (TPSA) is 17.1 Å². The van der Waals surface area contributed by atoms with Crippen LogP contribution in [0.4, 0.5) is 4.39 Å². The van der Waals surface area contributed by atoms with Crippen LogP contribution in [0.3, 0.4) is 0 Å². The summed E-state index contributed by atoms with van der Waals surface area (Å²) in [6, 6.07) is 0. The number of rotatable bonds is 5. The van der Waals surface area contributed by atoms with E-state index in [4.69, 9.17) is 0 Å². The summed E-state index contributed by atoms with van der Waals surface area (Å²) in [5.74, 6) is -0.139. The molecule has 13 heavy (non-hydrogen) atoms. The lowest BCUT2D eigenvalue weighted by Gasteiger charge is -2.22. The zero-order chi connectivity index (χ0) is 10.1. The van der Waals surface area contributed by atoms with Gasteiger partial charge in [0.1, 0.15) is 12.0 Å². The van der Waals surface area contributed by atoms with E-state index in [1.54, 1.807) is 0 Å². The molecule has 76 valence electrons. The van der Waals surface area contributed by atoms with Crippen LogP contribution in [-0.4, -0.2) is 12.0 Å². The van der Waals surface area contributed by atoms with Crippen LogP contribution in [0, 0.1) is 11.3 Å². The summed E-state index contributed by atoms with van der Waals surface area (Å²) in [4.78, 5) is 11.7. The van der Waals surface area contributed by atoms with E-state index in [2.05, 4.69) is 6.92 Å². The SMILES string of the molecule is CCCCC(C)(C)C(=O)[C@@H]1C[C@H]1F. The molecule has 2 atom stereocenters. The third-order valence-corrected chi connectivity index (χ3v) is 2.87. The largest absolute Gasteiger partial charge is 0.299 e. The van der Waals surface area contributed by atoms with Gasteiger partial charge >= 0.3 is 0 Å². The van der Waals surface area contributed by atoms with Gasteiger partial charge in [0, 0.05) is 5.41 Å². The minimum absolute atomic E-state index is 0.133. The van der Waals surface area contributed by atoms with Gasteiger partial charge in [-0.25, -0.2) is 4.39 Å². The molecule has 1 rings (SSSR count). The van der Waals surface area contributed by atoms with Crippen LogP contribution in [0.1, 0.15) is 46.5 Å². The number of Topliss-reactive ketones (excluding diaryl/α,β-unsaturated/α-hetero) is 1. The number of unbranched alkanes of at least 4 members (excludes halogenated alkanes) is 1. The predicted octanol–water partition coefficient (Wildman–Crippen LogP) is 3.13. The molecule has 0 unspecified atom stereocenters. The van der Waals surface area contributed by atoms with Gasteiger partial charge < -0.3 is 0 Å². The summed E-state index contributed by atoms with van der Waals surface area (Å²) < 4.78 is 12.7. The molecule has 0 bridgehead atoms. The van der Waals surface area contributed by atoms with Crippen molar-refractivity contribution in [3.8, 4) is 0 Å². The fourth-order valence-electron chi connectivity index (χ4n) is 1.68. The van der Waals surface area contributed by atoms with Gasteiger partial charge in [-0.15, -0.1) is 0 Å². The molecular formula is C11H19FO. The van der Waals surface area contributed by atoms with E-state index in [-0.39, 0.29) is 17.1 Å². The molecule has 1 fully saturated rings. The number of carbonyl (C=O) groups is 1. The molecule has 0 aliphatic heterocycles. The number of ketones is 1. The van der Waals surface area contributed by atoms with E-state index in [0.717, 1.165) is 19.3 Å². The summed E-state index contributed by atoms with van der Waals surface area (Å²) in [5, 5.41) is 0. The first kappa shape index (κ1) is 10.7. The summed E-state index contributed by atoms with van der Waals surface area (Å²) in [6.45, 7) is 5.99. The Bertz CT molecular complexity index is 198.